The third-order valence-electron chi connectivity index (χ3n) is 3.92. The number of methoxy groups -OCH3 is 2. The molecular formula is C17H19NO3. The summed E-state index contributed by atoms with van der Waals surface area (Å²) in [6.07, 6.45) is 0.174. The monoisotopic (exact) mass is 285 g/mol. The van der Waals surface area contributed by atoms with Crippen molar-refractivity contribution in [1.82, 2.24) is 0 Å². The van der Waals surface area contributed by atoms with Gasteiger partial charge in [0.2, 0.25) is 0 Å². The zero-order valence-corrected chi connectivity index (χ0v) is 12.2. The Kier molecular flexibility index (Phi) is 3.71. The molecule has 1 heterocycles. The van der Waals surface area contributed by atoms with Crippen molar-refractivity contribution < 1.29 is 14.6 Å². The number of para-hydroxylation sites is 1. The van der Waals surface area contributed by atoms with Crippen LogP contribution in [-0.4, -0.2) is 19.3 Å². The van der Waals surface area contributed by atoms with E-state index in [0.717, 1.165) is 16.8 Å². The van der Waals surface area contributed by atoms with Crippen LogP contribution in [0.2, 0.25) is 0 Å². The highest BCUT2D eigenvalue weighted by atomic mass is 16.5. The number of fused-ring (bicyclic) bond motifs is 1. The Balaban J connectivity index is 1.92. The van der Waals surface area contributed by atoms with E-state index >= 15 is 0 Å². The van der Waals surface area contributed by atoms with Gasteiger partial charge in [0.15, 0.2) is 11.5 Å². The Hall–Kier alpha value is -2.20. The van der Waals surface area contributed by atoms with Crippen molar-refractivity contribution in [2.45, 2.75) is 18.6 Å². The zero-order chi connectivity index (χ0) is 14.8. The summed E-state index contributed by atoms with van der Waals surface area (Å²) in [4.78, 5) is 0. The van der Waals surface area contributed by atoms with E-state index in [2.05, 4.69) is 5.32 Å². The van der Waals surface area contributed by atoms with E-state index in [0.29, 0.717) is 17.9 Å². The molecule has 1 aliphatic rings. The molecule has 4 nitrogen and oxygen atoms in total. The summed E-state index contributed by atoms with van der Waals surface area (Å²) < 4.78 is 10.6. The highest BCUT2D eigenvalue weighted by molar-refractivity contribution is 5.57. The molecule has 3 rings (SSSR count). The van der Waals surface area contributed by atoms with Gasteiger partial charge in [0.25, 0.3) is 0 Å². The van der Waals surface area contributed by atoms with Gasteiger partial charge in [0.05, 0.1) is 26.4 Å². The molecule has 0 radical (unpaired) electrons. The Morgan fingerprint density at radius 1 is 1.05 bits per heavy atom. The van der Waals surface area contributed by atoms with E-state index in [1.165, 1.54) is 0 Å². The van der Waals surface area contributed by atoms with Gasteiger partial charge in [-0.05, 0) is 23.8 Å². The molecule has 1 aliphatic heterocycles. The zero-order valence-electron chi connectivity index (χ0n) is 12.2. The molecule has 0 saturated carbocycles. The Bertz CT molecular complexity index is 642. The third kappa shape index (κ3) is 2.54. The molecule has 0 saturated heterocycles. The number of nitrogens with one attached hydrogen (secondary N) is 1. The lowest BCUT2D eigenvalue weighted by atomic mass is 9.91. The number of rotatable bonds is 3. The second-order valence-electron chi connectivity index (χ2n) is 5.15. The average molecular weight is 285 g/mol. The summed E-state index contributed by atoms with van der Waals surface area (Å²) in [6, 6.07) is 13.8. The topological polar surface area (TPSA) is 50.7 Å². The van der Waals surface area contributed by atoms with Gasteiger partial charge in [-0.1, -0.05) is 24.3 Å². The van der Waals surface area contributed by atoms with Gasteiger partial charge in [0, 0.05) is 17.7 Å². The molecule has 2 N–H and O–H groups in total. The van der Waals surface area contributed by atoms with Crippen LogP contribution in [0.15, 0.2) is 42.5 Å². The maximum atomic E-state index is 10.3. The van der Waals surface area contributed by atoms with Gasteiger partial charge in [-0.3, -0.25) is 0 Å². The minimum absolute atomic E-state index is 0.0507. The number of benzene rings is 2. The van der Waals surface area contributed by atoms with Crippen molar-refractivity contribution in [3.05, 3.63) is 53.6 Å². The van der Waals surface area contributed by atoms with Gasteiger partial charge in [-0.15, -0.1) is 0 Å². The molecule has 0 spiro atoms. The van der Waals surface area contributed by atoms with Crippen LogP contribution in [0.5, 0.6) is 11.5 Å². The fourth-order valence-electron chi connectivity index (χ4n) is 2.80. The summed E-state index contributed by atoms with van der Waals surface area (Å²) in [6.45, 7) is 0. The lowest BCUT2D eigenvalue weighted by Crippen LogP contribution is -2.21. The standard InChI is InChI=1S/C17H19NO3/c1-20-16-8-7-11(9-17(16)21-2)14-10-15(19)12-5-3-4-6-13(12)18-14/h3-9,14-15,18-19H,10H2,1-2H3. The molecule has 110 valence electrons. The van der Waals surface area contributed by atoms with E-state index in [-0.39, 0.29) is 6.04 Å². The molecule has 2 aromatic carbocycles. The molecule has 0 bridgehead atoms. The number of aliphatic hydroxyl groups is 1. The van der Waals surface area contributed by atoms with Crippen molar-refractivity contribution in [1.29, 1.82) is 0 Å². The minimum atomic E-state index is -0.458. The summed E-state index contributed by atoms with van der Waals surface area (Å²) in [5.74, 6) is 1.41. The van der Waals surface area contributed by atoms with E-state index in [9.17, 15) is 5.11 Å². The fourth-order valence-corrected chi connectivity index (χ4v) is 2.80. The first-order valence-corrected chi connectivity index (χ1v) is 6.98. The molecule has 21 heavy (non-hydrogen) atoms. The molecule has 2 unspecified atom stereocenters. The maximum Gasteiger partial charge on any atom is 0.161 e. The molecule has 0 aromatic heterocycles. The second kappa shape index (κ2) is 5.66. The minimum Gasteiger partial charge on any atom is -0.493 e. The molecule has 0 amide bonds. The first-order valence-electron chi connectivity index (χ1n) is 6.98. The Morgan fingerprint density at radius 3 is 2.57 bits per heavy atom. The maximum absolute atomic E-state index is 10.3. The van der Waals surface area contributed by atoms with Crippen molar-refractivity contribution in [2.24, 2.45) is 0 Å². The van der Waals surface area contributed by atoms with E-state index in [1.807, 2.05) is 42.5 Å². The van der Waals surface area contributed by atoms with Crippen LogP contribution in [0.25, 0.3) is 0 Å². The highest BCUT2D eigenvalue weighted by Crippen LogP contribution is 2.40. The summed E-state index contributed by atoms with van der Waals surface area (Å²) in [7, 11) is 3.25. The second-order valence-corrected chi connectivity index (χ2v) is 5.15. The van der Waals surface area contributed by atoms with Crippen LogP contribution in [0.3, 0.4) is 0 Å². The fraction of sp³-hybridized carbons (Fsp3) is 0.294. The van der Waals surface area contributed by atoms with E-state index in [4.69, 9.17) is 9.47 Å². The number of anilines is 1. The summed E-state index contributed by atoms with van der Waals surface area (Å²) in [5, 5.41) is 13.8. The third-order valence-corrected chi connectivity index (χ3v) is 3.92. The van der Waals surface area contributed by atoms with Gasteiger partial charge in [-0.25, -0.2) is 0 Å². The van der Waals surface area contributed by atoms with Crippen LogP contribution in [0.1, 0.15) is 29.7 Å². The largest absolute Gasteiger partial charge is 0.493 e. The lowest BCUT2D eigenvalue weighted by molar-refractivity contribution is 0.156. The average Bonchev–Trinajstić information content (AvgIpc) is 2.54. The predicted molar refractivity (Wildman–Crippen MR) is 81.9 cm³/mol. The molecular weight excluding hydrogens is 266 g/mol. The molecule has 2 atom stereocenters. The summed E-state index contributed by atoms with van der Waals surface area (Å²) in [5.41, 5.74) is 3.01. The lowest BCUT2D eigenvalue weighted by Gasteiger charge is -2.31. The van der Waals surface area contributed by atoms with Crippen molar-refractivity contribution in [2.75, 3.05) is 19.5 Å². The first-order chi connectivity index (χ1) is 10.2. The van der Waals surface area contributed by atoms with Gasteiger partial charge < -0.3 is 19.9 Å². The van der Waals surface area contributed by atoms with Crippen LogP contribution < -0.4 is 14.8 Å². The number of hydrogen-bond donors (Lipinski definition) is 2. The number of ether oxygens (including phenoxy) is 2. The van der Waals surface area contributed by atoms with Crippen LogP contribution >= 0.6 is 0 Å². The number of hydrogen-bond acceptors (Lipinski definition) is 4. The van der Waals surface area contributed by atoms with Crippen LogP contribution in [-0.2, 0) is 0 Å². The molecule has 0 aliphatic carbocycles. The van der Waals surface area contributed by atoms with Gasteiger partial charge in [0.1, 0.15) is 0 Å². The van der Waals surface area contributed by atoms with Gasteiger partial charge >= 0.3 is 0 Å². The normalized spacial score (nSPS) is 20.3. The Morgan fingerprint density at radius 2 is 1.81 bits per heavy atom. The first kappa shape index (κ1) is 13.8. The molecule has 0 fully saturated rings. The molecule has 2 aromatic rings. The Labute approximate surface area is 124 Å². The van der Waals surface area contributed by atoms with Gasteiger partial charge in [-0.2, -0.15) is 0 Å². The number of aliphatic hydroxyl groups excluding tert-OH is 1. The van der Waals surface area contributed by atoms with Crippen molar-refractivity contribution in [3.63, 3.8) is 0 Å². The van der Waals surface area contributed by atoms with Crippen LogP contribution in [0, 0.1) is 0 Å². The van der Waals surface area contributed by atoms with Crippen molar-refractivity contribution >= 4 is 5.69 Å². The van der Waals surface area contributed by atoms with Crippen LogP contribution in [0.4, 0.5) is 5.69 Å². The summed E-state index contributed by atoms with van der Waals surface area (Å²) >= 11 is 0. The SMILES string of the molecule is COc1ccc(C2CC(O)c3ccccc3N2)cc1OC. The van der Waals surface area contributed by atoms with E-state index in [1.54, 1.807) is 14.2 Å². The van der Waals surface area contributed by atoms with Crippen molar-refractivity contribution in [3.8, 4) is 11.5 Å². The quantitative estimate of drug-likeness (QED) is 0.908. The van der Waals surface area contributed by atoms with E-state index < -0.39 is 6.10 Å². The highest BCUT2D eigenvalue weighted by Gasteiger charge is 2.26. The predicted octanol–water partition coefficient (Wildman–Crippen LogP) is 3.29. The smallest absolute Gasteiger partial charge is 0.161 e. The molecule has 4 heteroatoms.